The van der Waals surface area contributed by atoms with Crippen molar-refractivity contribution >= 4 is 11.0 Å². The minimum Gasteiger partial charge on any atom is -0.387 e. The molecule has 2 aliphatic heterocycles. The third-order valence-corrected chi connectivity index (χ3v) is 5.82. The predicted octanol–water partition coefficient (Wildman–Crippen LogP) is 2.79. The summed E-state index contributed by atoms with van der Waals surface area (Å²) in [5.74, 6) is -1.44. The lowest BCUT2D eigenvalue weighted by atomic mass is 9.95. The Morgan fingerprint density at radius 2 is 1.94 bits per heavy atom. The molecule has 0 aliphatic carbocycles. The summed E-state index contributed by atoms with van der Waals surface area (Å²) in [6.45, 7) is 1.60. The van der Waals surface area contributed by atoms with E-state index in [9.17, 15) is 27.8 Å². The lowest BCUT2D eigenvalue weighted by molar-refractivity contribution is -0.140. The van der Waals surface area contributed by atoms with Gasteiger partial charge in [-0.3, -0.25) is 0 Å². The van der Waals surface area contributed by atoms with Gasteiger partial charge in [0.1, 0.15) is 42.2 Å². The normalized spacial score (nSPS) is 28.4. The van der Waals surface area contributed by atoms with Crippen molar-refractivity contribution in [1.82, 2.24) is 14.5 Å². The Morgan fingerprint density at radius 1 is 1.16 bits per heavy atom. The van der Waals surface area contributed by atoms with Crippen LogP contribution in [0.15, 0.2) is 30.7 Å². The molecular formula is C20H17F4N3O4. The summed E-state index contributed by atoms with van der Waals surface area (Å²) in [5, 5.41) is 22.0. The third-order valence-electron chi connectivity index (χ3n) is 5.82. The van der Waals surface area contributed by atoms with Crippen LogP contribution in [0.4, 0.5) is 17.6 Å². The zero-order valence-corrected chi connectivity index (χ0v) is 16.0. The molecule has 4 heterocycles. The van der Waals surface area contributed by atoms with Gasteiger partial charge in [0.2, 0.25) is 0 Å². The van der Waals surface area contributed by atoms with Crippen LogP contribution in [0.3, 0.4) is 0 Å². The van der Waals surface area contributed by atoms with Gasteiger partial charge in [0.15, 0.2) is 6.23 Å². The number of hydrogen-bond acceptors (Lipinski definition) is 6. The van der Waals surface area contributed by atoms with E-state index in [1.54, 1.807) is 23.8 Å². The molecule has 3 aromatic rings. The van der Waals surface area contributed by atoms with Crippen LogP contribution >= 0.6 is 0 Å². The summed E-state index contributed by atoms with van der Waals surface area (Å²) in [5.41, 5.74) is 0.130. The molecule has 1 aromatic carbocycles. The molecule has 0 spiro atoms. The second-order valence-corrected chi connectivity index (χ2v) is 7.65. The molecular weight excluding hydrogens is 422 g/mol. The minimum atomic E-state index is -4.84. The van der Waals surface area contributed by atoms with E-state index >= 15 is 0 Å². The van der Waals surface area contributed by atoms with Gasteiger partial charge in [0.05, 0.1) is 17.9 Å². The van der Waals surface area contributed by atoms with Gasteiger partial charge < -0.3 is 24.3 Å². The number of fused-ring (bicyclic) bond motifs is 2. The maximum atomic E-state index is 14.1. The Kier molecular flexibility index (Phi) is 4.56. The van der Waals surface area contributed by atoms with Crippen molar-refractivity contribution in [2.24, 2.45) is 0 Å². The molecule has 2 aliphatic rings. The van der Waals surface area contributed by atoms with Crippen LogP contribution < -0.4 is 0 Å². The van der Waals surface area contributed by atoms with Gasteiger partial charge in [0, 0.05) is 11.6 Å². The predicted molar refractivity (Wildman–Crippen MR) is 97.1 cm³/mol. The Bertz CT molecular complexity index is 1170. The quantitative estimate of drug-likeness (QED) is 0.597. The maximum absolute atomic E-state index is 14.1. The van der Waals surface area contributed by atoms with Crippen LogP contribution in [0.1, 0.15) is 34.7 Å². The molecule has 5 atom stereocenters. The van der Waals surface area contributed by atoms with E-state index in [1.165, 1.54) is 6.33 Å². The van der Waals surface area contributed by atoms with E-state index in [4.69, 9.17) is 9.47 Å². The maximum Gasteiger partial charge on any atom is 0.419 e. The van der Waals surface area contributed by atoms with Crippen LogP contribution in [0.25, 0.3) is 11.0 Å². The average Bonchev–Trinajstić information content (AvgIpc) is 3.38. The van der Waals surface area contributed by atoms with Crippen LogP contribution in [0, 0.1) is 12.7 Å². The van der Waals surface area contributed by atoms with E-state index in [0.29, 0.717) is 11.7 Å². The van der Waals surface area contributed by atoms with Gasteiger partial charge in [-0.25, -0.2) is 14.4 Å². The van der Waals surface area contributed by atoms with E-state index in [1.807, 2.05) is 0 Å². The molecule has 0 radical (unpaired) electrons. The number of ether oxygens (including phenoxy) is 2. The highest BCUT2D eigenvalue weighted by Gasteiger charge is 2.50. The fourth-order valence-corrected chi connectivity index (χ4v) is 4.25. The van der Waals surface area contributed by atoms with Crippen LogP contribution in [-0.2, 0) is 22.3 Å². The lowest BCUT2D eigenvalue weighted by Crippen LogP contribution is -2.34. The zero-order chi connectivity index (χ0) is 22.1. The van der Waals surface area contributed by atoms with E-state index in [-0.39, 0.29) is 17.7 Å². The van der Waals surface area contributed by atoms with Gasteiger partial charge in [-0.1, -0.05) is 0 Å². The van der Waals surface area contributed by atoms with E-state index < -0.39 is 48.2 Å². The fraction of sp³-hybridized carbons (Fsp3) is 0.400. The average molecular weight is 439 g/mol. The zero-order valence-electron chi connectivity index (χ0n) is 16.0. The van der Waals surface area contributed by atoms with Gasteiger partial charge in [-0.2, -0.15) is 13.2 Å². The summed E-state index contributed by atoms with van der Waals surface area (Å²) in [6.07, 6.45) is -7.84. The minimum absolute atomic E-state index is 0.151. The van der Waals surface area contributed by atoms with Crippen molar-refractivity contribution in [3.63, 3.8) is 0 Å². The van der Waals surface area contributed by atoms with Crippen LogP contribution in [-0.4, -0.2) is 43.1 Å². The summed E-state index contributed by atoms with van der Waals surface area (Å²) in [4.78, 5) is 8.30. The highest BCUT2D eigenvalue weighted by molar-refractivity contribution is 5.78. The van der Waals surface area contributed by atoms with Crippen molar-refractivity contribution in [3.8, 4) is 0 Å². The Balaban J connectivity index is 1.48. The van der Waals surface area contributed by atoms with Crippen LogP contribution in [0.2, 0.25) is 0 Å². The molecule has 1 fully saturated rings. The topological polar surface area (TPSA) is 89.6 Å². The molecule has 0 unspecified atom stereocenters. The van der Waals surface area contributed by atoms with Crippen molar-refractivity contribution < 1.29 is 37.2 Å². The van der Waals surface area contributed by atoms with Crippen LogP contribution in [0.5, 0.6) is 0 Å². The van der Waals surface area contributed by atoms with Gasteiger partial charge >= 0.3 is 6.18 Å². The molecule has 164 valence electrons. The molecule has 0 bridgehead atoms. The van der Waals surface area contributed by atoms with Crippen molar-refractivity contribution in [3.05, 3.63) is 58.9 Å². The number of rotatable bonds is 2. The first kappa shape index (κ1) is 20.3. The Hall–Kier alpha value is -2.60. The third kappa shape index (κ3) is 3.11. The lowest BCUT2D eigenvalue weighted by Gasteiger charge is -2.22. The molecule has 31 heavy (non-hydrogen) atoms. The Morgan fingerprint density at radius 3 is 2.68 bits per heavy atom. The SMILES string of the molecule is Cc1ncnc2c1ccn2[C@@H]1O[C@H]([C@@H]2OCc3cc(C(F)(F)F)c(F)cc32)[C@@H](O)[C@H]1O. The Labute approximate surface area is 172 Å². The number of aryl methyl sites for hydroxylation is 1. The first-order chi connectivity index (χ1) is 14.7. The second kappa shape index (κ2) is 6.95. The number of alkyl halides is 3. The van der Waals surface area contributed by atoms with Gasteiger partial charge in [-0.05, 0) is 36.2 Å². The first-order valence-corrected chi connectivity index (χ1v) is 9.47. The molecule has 7 nitrogen and oxygen atoms in total. The van der Waals surface area contributed by atoms with Gasteiger partial charge in [-0.15, -0.1) is 0 Å². The summed E-state index contributed by atoms with van der Waals surface area (Å²) in [6, 6.07) is 3.21. The highest BCUT2D eigenvalue weighted by atomic mass is 19.4. The van der Waals surface area contributed by atoms with E-state index in [0.717, 1.165) is 17.1 Å². The molecule has 5 rings (SSSR count). The summed E-state index contributed by atoms with van der Waals surface area (Å²) >= 11 is 0. The van der Waals surface area contributed by atoms with Crippen molar-refractivity contribution in [2.45, 2.75) is 50.4 Å². The van der Waals surface area contributed by atoms with E-state index in [2.05, 4.69) is 9.97 Å². The number of nitrogens with zero attached hydrogens (tertiary/aromatic N) is 3. The molecule has 0 saturated carbocycles. The fourth-order valence-electron chi connectivity index (χ4n) is 4.25. The molecule has 2 aromatic heterocycles. The number of hydrogen-bond donors (Lipinski definition) is 2. The highest BCUT2D eigenvalue weighted by Crippen LogP contribution is 2.45. The number of aliphatic hydroxyl groups excluding tert-OH is 2. The summed E-state index contributed by atoms with van der Waals surface area (Å²) in [7, 11) is 0. The molecule has 11 heteroatoms. The number of halogens is 4. The number of aromatic nitrogens is 3. The van der Waals surface area contributed by atoms with Crippen molar-refractivity contribution in [2.75, 3.05) is 0 Å². The largest absolute Gasteiger partial charge is 0.419 e. The van der Waals surface area contributed by atoms with Crippen molar-refractivity contribution in [1.29, 1.82) is 0 Å². The number of aliphatic hydroxyl groups is 2. The molecule has 2 N–H and O–H groups in total. The standard InChI is InChI=1S/C20H17F4N3O4/c1-8-10-2-3-27(18(10)26-7-25-8)19-15(29)14(28)17(31-19)16-11-5-13(21)12(20(22,23)24)4-9(11)6-30-16/h2-5,7,14-17,19,28-29H,6H2,1H3/t14-,15+,16+,17-,19+/m0/s1. The molecule has 0 amide bonds. The summed E-state index contributed by atoms with van der Waals surface area (Å²) < 4.78 is 66.1. The monoisotopic (exact) mass is 439 g/mol. The molecule has 1 saturated heterocycles. The van der Waals surface area contributed by atoms with Gasteiger partial charge in [0.25, 0.3) is 0 Å². The first-order valence-electron chi connectivity index (χ1n) is 9.47. The smallest absolute Gasteiger partial charge is 0.387 e. The second-order valence-electron chi connectivity index (χ2n) is 7.65. The number of benzene rings is 1.